The van der Waals surface area contributed by atoms with Gasteiger partial charge in [-0.2, -0.15) is 15.0 Å². The highest BCUT2D eigenvalue weighted by Gasteiger charge is 2.18. The second-order valence-corrected chi connectivity index (χ2v) is 7.00. The van der Waals surface area contributed by atoms with E-state index in [4.69, 9.17) is 0 Å². The van der Waals surface area contributed by atoms with Crippen molar-refractivity contribution in [3.63, 3.8) is 0 Å². The lowest BCUT2D eigenvalue weighted by atomic mass is 10.1. The molecule has 0 saturated heterocycles. The van der Waals surface area contributed by atoms with Gasteiger partial charge in [-0.3, -0.25) is 4.79 Å². The minimum atomic E-state index is -0.255. The fourth-order valence-corrected chi connectivity index (χ4v) is 1.74. The van der Waals surface area contributed by atoms with E-state index < -0.39 is 0 Å². The Hall–Kier alpha value is -1.92. The van der Waals surface area contributed by atoms with Crippen LogP contribution in [0.3, 0.4) is 0 Å². The van der Waals surface area contributed by atoms with Crippen molar-refractivity contribution in [3.8, 4) is 0 Å². The Bertz CT molecular complexity index is 495. The zero-order valence-corrected chi connectivity index (χ0v) is 14.9. The number of nitrogens with one attached hydrogen (secondary N) is 1. The first-order valence-electron chi connectivity index (χ1n) is 7.45. The van der Waals surface area contributed by atoms with Gasteiger partial charge in [-0.25, -0.2) is 0 Å². The molecule has 22 heavy (non-hydrogen) atoms. The SMILES string of the molecule is CC(C)c1nc(N(C)C)nc(N(C)CC(=O)NC(C)(C)C)n1. The van der Waals surface area contributed by atoms with Crippen molar-refractivity contribution in [1.29, 1.82) is 0 Å². The molecule has 1 amide bonds. The van der Waals surface area contributed by atoms with E-state index in [-0.39, 0.29) is 23.9 Å². The molecule has 0 atom stereocenters. The Labute approximate surface area is 133 Å². The van der Waals surface area contributed by atoms with E-state index in [1.807, 2.05) is 53.6 Å². The topological polar surface area (TPSA) is 74.2 Å². The molecule has 0 aliphatic carbocycles. The maximum absolute atomic E-state index is 12.0. The molecule has 0 radical (unpaired) electrons. The van der Waals surface area contributed by atoms with Gasteiger partial charge < -0.3 is 15.1 Å². The molecular formula is C15H28N6O. The molecule has 1 aromatic rings. The molecule has 1 N–H and O–H groups in total. The zero-order valence-electron chi connectivity index (χ0n) is 14.9. The lowest BCUT2D eigenvalue weighted by Crippen LogP contribution is -2.45. The Balaban J connectivity index is 2.97. The number of carbonyl (C=O) groups is 1. The average molecular weight is 308 g/mol. The summed E-state index contributed by atoms with van der Waals surface area (Å²) in [7, 11) is 5.58. The molecule has 124 valence electrons. The van der Waals surface area contributed by atoms with Crippen LogP contribution >= 0.6 is 0 Å². The number of amides is 1. The molecule has 1 heterocycles. The van der Waals surface area contributed by atoms with Gasteiger partial charge >= 0.3 is 0 Å². The summed E-state index contributed by atoms with van der Waals surface area (Å²) in [6, 6.07) is 0. The number of likely N-dealkylation sites (N-methyl/N-ethyl adjacent to an activating group) is 1. The lowest BCUT2D eigenvalue weighted by molar-refractivity contribution is -0.121. The summed E-state index contributed by atoms with van der Waals surface area (Å²) >= 11 is 0. The van der Waals surface area contributed by atoms with E-state index in [0.29, 0.717) is 11.9 Å². The van der Waals surface area contributed by atoms with E-state index >= 15 is 0 Å². The maximum Gasteiger partial charge on any atom is 0.240 e. The van der Waals surface area contributed by atoms with Crippen LogP contribution in [0.4, 0.5) is 11.9 Å². The normalized spacial score (nSPS) is 11.5. The van der Waals surface area contributed by atoms with Crippen LogP contribution in [-0.2, 0) is 4.79 Å². The Morgan fingerprint density at radius 1 is 1.09 bits per heavy atom. The van der Waals surface area contributed by atoms with Crippen LogP contribution < -0.4 is 15.1 Å². The van der Waals surface area contributed by atoms with Crippen molar-refractivity contribution >= 4 is 17.8 Å². The first kappa shape index (κ1) is 18.1. The molecule has 7 nitrogen and oxygen atoms in total. The van der Waals surface area contributed by atoms with Gasteiger partial charge in [-0.05, 0) is 20.8 Å². The standard InChI is InChI=1S/C15H28N6O/c1-10(2)12-16-13(20(6)7)18-14(17-12)21(8)9-11(22)19-15(3,4)5/h10H,9H2,1-8H3,(H,19,22). The van der Waals surface area contributed by atoms with Gasteiger partial charge in [0.05, 0.1) is 6.54 Å². The first-order valence-corrected chi connectivity index (χ1v) is 7.45. The van der Waals surface area contributed by atoms with E-state index in [1.54, 1.807) is 11.9 Å². The average Bonchev–Trinajstić information content (AvgIpc) is 2.35. The Morgan fingerprint density at radius 3 is 2.09 bits per heavy atom. The van der Waals surface area contributed by atoms with Gasteiger partial charge in [0, 0.05) is 32.6 Å². The number of hydrogen-bond acceptors (Lipinski definition) is 6. The number of carbonyl (C=O) groups excluding carboxylic acids is 1. The lowest BCUT2D eigenvalue weighted by Gasteiger charge is -2.24. The maximum atomic E-state index is 12.0. The van der Waals surface area contributed by atoms with E-state index in [9.17, 15) is 4.79 Å². The minimum Gasteiger partial charge on any atom is -0.350 e. The molecule has 0 aliphatic heterocycles. The summed E-state index contributed by atoms with van der Waals surface area (Å²) in [5.74, 6) is 1.95. The molecular weight excluding hydrogens is 280 g/mol. The molecule has 1 rings (SSSR count). The molecule has 7 heteroatoms. The predicted molar refractivity (Wildman–Crippen MR) is 89.4 cm³/mol. The van der Waals surface area contributed by atoms with Crippen molar-refractivity contribution in [2.45, 2.75) is 46.1 Å². The van der Waals surface area contributed by atoms with Crippen LogP contribution in [0.15, 0.2) is 0 Å². The van der Waals surface area contributed by atoms with E-state index in [1.165, 1.54) is 0 Å². The van der Waals surface area contributed by atoms with E-state index in [2.05, 4.69) is 20.3 Å². The quantitative estimate of drug-likeness (QED) is 0.886. The summed E-state index contributed by atoms with van der Waals surface area (Å²) < 4.78 is 0. The first-order chi connectivity index (χ1) is 9.99. The van der Waals surface area contributed by atoms with Crippen LogP contribution in [-0.4, -0.2) is 54.1 Å². The van der Waals surface area contributed by atoms with Crippen molar-refractivity contribution in [1.82, 2.24) is 20.3 Å². The second kappa shape index (κ2) is 6.89. The van der Waals surface area contributed by atoms with Crippen LogP contribution in [0.5, 0.6) is 0 Å². The summed E-state index contributed by atoms with van der Waals surface area (Å²) in [6.07, 6.45) is 0. The number of anilines is 2. The van der Waals surface area contributed by atoms with Gasteiger partial charge in [-0.1, -0.05) is 13.8 Å². The smallest absolute Gasteiger partial charge is 0.240 e. The van der Waals surface area contributed by atoms with Crippen molar-refractivity contribution in [2.24, 2.45) is 0 Å². The van der Waals surface area contributed by atoms with Crippen molar-refractivity contribution in [3.05, 3.63) is 5.82 Å². The van der Waals surface area contributed by atoms with Crippen LogP contribution in [0, 0.1) is 0 Å². The Kier molecular flexibility index (Phi) is 5.68. The predicted octanol–water partition coefficient (Wildman–Crippen LogP) is 1.41. The fraction of sp³-hybridized carbons (Fsp3) is 0.733. The third-order valence-electron chi connectivity index (χ3n) is 2.78. The van der Waals surface area contributed by atoms with Gasteiger partial charge in [-0.15, -0.1) is 0 Å². The number of hydrogen-bond donors (Lipinski definition) is 1. The van der Waals surface area contributed by atoms with Crippen molar-refractivity contribution < 1.29 is 4.79 Å². The Morgan fingerprint density at radius 2 is 1.64 bits per heavy atom. The van der Waals surface area contributed by atoms with Gasteiger partial charge in [0.15, 0.2) is 0 Å². The third-order valence-corrected chi connectivity index (χ3v) is 2.78. The largest absolute Gasteiger partial charge is 0.350 e. The number of aromatic nitrogens is 3. The molecule has 1 aromatic heterocycles. The van der Waals surface area contributed by atoms with Gasteiger partial charge in [0.1, 0.15) is 5.82 Å². The molecule has 0 fully saturated rings. The molecule has 0 spiro atoms. The van der Waals surface area contributed by atoms with Gasteiger partial charge in [0.2, 0.25) is 17.8 Å². The molecule has 0 saturated carbocycles. The van der Waals surface area contributed by atoms with Gasteiger partial charge in [0.25, 0.3) is 0 Å². The van der Waals surface area contributed by atoms with Crippen LogP contribution in [0.2, 0.25) is 0 Å². The monoisotopic (exact) mass is 308 g/mol. The fourth-order valence-electron chi connectivity index (χ4n) is 1.74. The number of nitrogens with zero attached hydrogens (tertiary/aromatic N) is 5. The molecule has 0 aromatic carbocycles. The minimum absolute atomic E-state index is 0.0621. The van der Waals surface area contributed by atoms with Crippen molar-refractivity contribution in [2.75, 3.05) is 37.5 Å². The summed E-state index contributed by atoms with van der Waals surface area (Å²) in [5.41, 5.74) is -0.255. The molecule has 0 unspecified atom stereocenters. The highest BCUT2D eigenvalue weighted by atomic mass is 16.2. The summed E-state index contributed by atoms with van der Waals surface area (Å²) in [6.45, 7) is 10.1. The highest BCUT2D eigenvalue weighted by molar-refractivity contribution is 5.81. The molecule has 0 aliphatic rings. The van der Waals surface area contributed by atoms with E-state index in [0.717, 1.165) is 5.82 Å². The number of rotatable bonds is 5. The summed E-state index contributed by atoms with van der Waals surface area (Å²) in [4.78, 5) is 28.9. The zero-order chi connectivity index (χ0) is 17.1. The van der Waals surface area contributed by atoms with Crippen LogP contribution in [0.1, 0.15) is 46.4 Å². The highest BCUT2D eigenvalue weighted by Crippen LogP contribution is 2.16. The summed E-state index contributed by atoms with van der Waals surface area (Å²) in [5, 5.41) is 2.93. The third kappa shape index (κ3) is 5.46. The molecule has 0 bridgehead atoms. The second-order valence-electron chi connectivity index (χ2n) is 7.00. The van der Waals surface area contributed by atoms with Crippen LogP contribution in [0.25, 0.3) is 0 Å².